The first-order valence-corrected chi connectivity index (χ1v) is 8.10. The molecule has 0 spiro atoms. The quantitative estimate of drug-likeness (QED) is 0.765. The van der Waals surface area contributed by atoms with E-state index in [9.17, 15) is 5.11 Å². The Bertz CT molecular complexity index is 887. The van der Waals surface area contributed by atoms with Gasteiger partial charge in [-0.1, -0.05) is 42.5 Å². The molecule has 3 aromatic carbocycles. The summed E-state index contributed by atoms with van der Waals surface area (Å²) in [4.78, 5) is 0. The molecular formula is C21H18O4. The molecule has 0 amide bonds. The topological polar surface area (TPSA) is 47.9 Å². The molecule has 1 N–H and O–H groups in total. The number of aliphatic hydroxyl groups is 1. The molecule has 0 aromatic heterocycles. The monoisotopic (exact) mass is 334 g/mol. The number of hydrogen-bond donors (Lipinski definition) is 1. The van der Waals surface area contributed by atoms with Crippen LogP contribution in [0.4, 0.5) is 0 Å². The zero-order valence-corrected chi connectivity index (χ0v) is 13.8. The molecule has 1 atom stereocenters. The van der Waals surface area contributed by atoms with Gasteiger partial charge in [0.2, 0.25) is 0 Å². The molecule has 0 aliphatic carbocycles. The highest BCUT2D eigenvalue weighted by molar-refractivity contribution is 5.57. The van der Waals surface area contributed by atoms with E-state index < -0.39 is 6.10 Å². The average molecular weight is 334 g/mol. The second-order valence-electron chi connectivity index (χ2n) is 5.85. The molecule has 25 heavy (non-hydrogen) atoms. The van der Waals surface area contributed by atoms with Crippen LogP contribution < -0.4 is 14.2 Å². The van der Waals surface area contributed by atoms with E-state index >= 15 is 0 Å². The molecule has 0 saturated carbocycles. The molecule has 0 fully saturated rings. The maximum atomic E-state index is 10.6. The fourth-order valence-corrected chi connectivity index (χ4v) is 2.93. The first-order chi connectivity index (χ1) is 12.3. The van der Waals surface area contributed by atoms with Crippen LogP contribution in [0.15, 0.2) is 66.7 Å². The summed E-state index contributed by atoms with van der Waals surface area (Å²) in [6.07, 6.45) is -0.718. The molecule has 1 aliphatic rings. The summed E-state index contributed by atoms with van der Waals surface area (Å²) < 4.78 is 17.1. The molecule has 1 aliphatic heterocycles. The SMILES string of the molecule is COc1ccc(COc2cccc3c2Oc2ccccc2C3O)cc1. The van der Waals surface area contributed by atoms with Crippen LogP contribution in [-0.4, -0.2) is 12.2 Å². The maximum absolute atomic E-state index is 10.6. The Balaban J connectivity index is 1.59. The van der Waals surface area contributed by atoms with E-state index in [0.717, 1.165) is 16.9 Å². The minimum Gasteiger partial charge on any atom is -0.497 e. The zero-order valence-electron chi connectivity index (χ0n) is 13.8. The van der Waals surface area contributed by atoms with Crippen LogP contribution in [0.5, 0.6) is 23.0 Å². The standard InChI is InChI=1S/C21H18O4/c1-23-15-11-9-14(10-12-15)13-24-19-8-4-6-17-20(22)16-5-2-3-7-18(16)25-21(17)19/h2-12,20,22H,13H2,1H3. The minimum absolute atomic E-state index is 0.404. The van der Waals surface area contributed by atoms with Crippen molar-refractivity contribution in [3.8, 4) is 23.0 Å². The van der Waals surface area contributed by atoms with Crippen LogP contribution in [0.2, 0.25) is 0 Å². The Kier molecular flexibility index (Phi) is 4.04. The number of benzene rings is 3. The van der Waals surface area contributed by atoms with E-state index in [2.05, 4.69) is 0 Å². The summed E-state index contributed by atoms with van der Waals surface area (Å²) >= 11 is 0. The highest BCUT2D eigenvalue weighted by Gasteiger charge is 2.27. The summed E-state index contributed by atoms with van der Waals surface area (Å²) in [5.74, 6) is 2.65. The third kappa shape index (κ3) is 2.92. The van der Waals surface area contributed by atoms with Crippen molar-refractivity contribution >= 4 is 0 Å². The third-order valence-corrected chi connectivity index (χ3v) is 4.28. The van der Waals surface area contributed by atoms with Crippen LogP contribution in [0.25, 0.3) is 0 Å². The zero-order chi connectivity index (χ0) is 17.2. The first kappa shape index (κ1) is 15.5. The summed E-state index contributed by atoms with van der Waals surface area (Å²) in [6.45, 7) is 0.404. The van der Waals surface area contributed by atoms with Gasteiger partial charge in [-0.2, -0.15) is 0 Å². The Hall–Kier alpha value is -2.98. The lowest BCUT2D eigenvalue weighted by Crippen LogP contribution is -2.10. The lowest BCUT2D eigenvalue weighted by molar-refractivity contribution is 0.198. The molecule has 0 radical (unpaired) electrons. The fourth-order valence-electron chi connectivity index (χ4n) is 2.93. The Labute approximate surface area is 146 Å². The molecule has 1 heterocycles. The first-order valence-electron chi connectivity index (χ1n) is 8.10. The number of para-hydroxylation sites is 2. The Morgan fingerprint density at radius 2 is 1.68 bits per heavy atom. The molecule has 4 heteroatoms. The molecule has 126 valence electrons. The minimum atomic E-state index is -0.718. The van der Waals surface area contributed by atoms with Gasteiger partial charge >= 0.3 is 0 Å². The van der Waals surface area contributed by atoms with Crippen molar-refractivity contribution in [2.45, 2.75) is 12.7 Å². The maximum Gasteiger partial charge on any atom is 0.175 e. The predicted octanol–water partition coefficient (Wildman–Crippen LogP) is 4.46. The van der Waals surface area contributed by atoms with Gasteiger partial charge in [0, 0.05) is 11.1 Å². The average Bonchev–Trinajstić information content (AvgIpc) is 2.67. The van der Waals surface area contributed by atoms with Crippen molar-refractivity contribution in [3.05, 3.63) is 83.4 Å². The number of ether oxygens (including phenoxy) is 3. The van der Waals surface area contributed by atoms with Gasteiger partial charge in [0.1, 0.15) is 24.2 Å². The Morgan fingerprint density at radius 1 is 0.920 bits per heavy atom. The number of hydrogen-bond acceptors (Lipinski definition) is 4. The Morgan fingerprint density at radius 3 is 2.48 bits per heavy atom. The van der Waals surface area contributed by atoms with Crippen molar-refractivity contribution in [2.75, 3.05) is 7.11 Å². The second kappa shape index (κ2) is 6.49. The van der Waals surface area contributed by atoms with E-state index in [1.54, 1.807) is 7.11 Å². The van der Waals surface area contributed by atoms with Crippen molar-refractivity contribution in [1.29, 1.82) is 0 Å². The van der Waals surface area contributed by atoms with Gasteiger partial charge in [0.25, 0.3) is 0 Å². The van der Waals surface area contributed by atoms with Crippen LogP contribution in [0.3, 0.4) is 0 Å². The molecule has 0 bridgehead atoms. The van der Waals surface area contributed by atoms with E-state index in [1.807, 2.05) is 66.7 Å². The molecule has 1 unspecified atom stereocenters. The van der Waals surface area contributed by atoms with Gasteiger partial charge in [-0.3, -0.25) is 0 Å². The summed E-state index contributed by atoms with van der Waals surface area (Å²) in [7, 11) is 1.64. The van der Waals surface area contributed by atoms with Crippen LogP contribution in [-0.2, 0) is 6.61 Å². The lowest BCUT2D eigenvalue weighted by atomic mass is 9.97. The molecule has 4 nitrogen and oxygen atoms in total. The van der Waals surface area contributed by atoms with E-state index in [1.165, 1.54) is 0 Å². The van der Waals surface area contributed by atoms with Gasteiger partial charge in [0.15, 0.2) is 11.5 Å². The van der Waals surface area contributed by atoms with Gasteiger partial charge in [-0.25, -0.2) is 0 Å². The predicted molar refractivity (Wildman–Crippen MR) is 94.3 cm³/mol. The number of aliphatic hydroxyl groups excluding tert-OH is 1. The van der Waals surface area contributed by atoms with Crippen LogP contribution in [0.1, 0.15) is 22.8 Å². The molecule has 4 rings (SSSR count). The van der Waals surface area contributed by atoms with E-state index in [4.69, 9.17) is 14.2 Å². The second-order valence-corrected chi connectivity index (χ2v) is 5.85. The summed E-state index contributed by atoms with van der Waals surface area (Å²) in [5, 5.41) is 10.6. The number of fused-ring (bicyclic) bond motifs is 2. The van der Waals surface area contributed by atoms with E-state index in [0.29, 0.717) is 29.4 Å². The van der Waals surface area contributed by atoms with Gasteiger partial charge in [0.05, 0.1) is 7.11 Å². The van der Waals surface area contributed by atoms with Crippen molar-refractivity contribution in [2.24, 2.45) is 0 Å². The number of rotatable bonds is 4. The van der Waals surface area contributed by atoms with Gasteiger partial charge in [-0.05, 0) is 29.8 Å². The van der Waals surface area contributed by atoms with Crippen molar-refractivity contribution < 1.29 is 19.3 Å². The summed E-state index contributed by atoms with van der Waals surface area (Å²) in [5.41, 5.74) is 2.50. The highest BCUT2D eigenvalue weighted by atomic mass is 16.5. The third-order valence-electron chi connectivity index (χ3n) is 4.28. The van der Waals surface area contributed by atoms with Crippen molar-refractivity contribution in [3.63, 3.8) is 0 Å². The highest BCUT2D eigenvalue weighted by Crippen LogP contribution is 2.47. The molecule has 3 aromatic rings. The van der Waals surface area contributed by atoms with Gasteiger partial charge in [-0.15, -0.1) is 0 Å². The van der Waals surface area contributed by atoms with Gasteiger partial charge < -0.3 is 19.3 Å². The van der Waals surface area contributed by atoms with Crippen molar-refractivity contribution in [1.82, 2.24) is 0 Å². The molecule has 0 saturated heterocycles. The van der Waals surface area contributed by atoms with E-state index in [-0.39, 0.29) is 0 Å². The molecular weight excluding hydrogens is 316 g/mol. The van der Waals surface area contributed by atoms with Crippen LogP contribution in [0, 0.1) is 0 Å². The summed E-state index contributed by atoms with van der Waals surface area (Å²) in [6, 6.07) is 20.8. The smallest absolute Gasteiger partial charge is 0.175 e. The van der Waals surface area contributed by atoms with Crippen LogP contribution >= 0.6 is 0 Å². The number of methoxy groups -OCH3 is 1. The fraction of sp³-hybridized carbons (Fsp3) is 0.143. The lowest BCUT2D eigenvalue weighted by Gasteiger charge is -2.26. The largest absolute Gasteiger partial charge is 0.497 e. The normalized spacial score (nSPS) is 14.9.